The number of amides is 1. The van der Waals surface area contributed by atoms with Gasteiger partial charge < -0.3 is 10.3 Å². The van der Waals surface area contributed by atoms with Gasteiger partial charge in [0, 0.05) is 22.6 Å². The second-order valence-electron chi connectivity index (χ2n) is 6.66. The number of carbonyl (C=O) groups is 1. The van der Waals surface area contributed by atoms with E-state index in [-0.39, 0.29) is 5.91 Å². The first-order valence-electron chi connectivity index (χ1n) is 8.91. The minimum absolute atomic E-state index is 0.174. The van der Waals surface area contributed by atoms with Gasteiger partial charge in [-0.3, -0.25) is 4.79 Å². The molecule has 28 heavy (non-hydrogen) atoms. The van der Waals surface area contributed by atoms with Crippen molar-refractivity contribution in [3.8, 4) is 11.3 Å². The van der Waals surface area contributed by atoms with Gasteiger partial charge in [0.05, 0.1) is 5.52 Å². The van der Waals surface area contributed by atoms with Crippen LogP contribution in [0.4, 0.5) is 0 Å². The van der Waals surface area contributed by atoms with Crippen LogP contribution in [-0.4, -0.2) is 31.1 Å². The zero-order chi connectivity index (χ0) is 19.7. The summed E-state index contributed by atoms with van der Waals surface area (Å²) in [6.45, 7) is 4.15. The molecule has 0 unspecified atom stereocenters. The van der Waals surface area contributed by atoms with Gasteiger partial charge in [0.25, 0.3) is 0 Å². The number of rotatable bonds is 5. The molecule has 7 nitrogen and oxygen atoms in total. The fraction of sp³-hybridized carbons (Fsp3) is 0.200. The van der Waals surface area contributed by atoms with Gasteiger partial charge in [-0.15, -0.1) is 5.10 Å². The standard InChI is InChI=1S/C20H19ClN6O/c1-12-17-9-16(21)8-15(10-22-20(28)13(2)27-11-23-25-26-27)19(17)24-18(12)14-6-4-3-5-7-14/h3-9,11,13,24H,10H2,1-2H3,(H,22,28)/t13-/m0/s1. The number of aromatic nitrogens is 5. The highest BCUT2D eigenvalue weighted by Crippen LogP contribution is 2.33. The molecular weight excluding hydrogens is 376 g/mol. The number of hydrogen-bond acceptors (Lipinski definition) is 4. The second-order valence-corrected chi connectivity index (χ2v) is 7.10. The van der Waals surface area contributed by atoms with E-state index in [4.69, 9.17) is 11.6 Å². The molecule has 0 aliphatic carbocycles. The van der Waals surface area contributed by atoms with E-state index < -0.39 is 6.04 Å². The van der Waals surface area contributed by atoms with Crippen LogP contribution in [0.5, 0.6) is 0 Å². The number of hydrogen-bond donors (Lipinski definition) is 2. The summed E-state index contributed by atoms with van der Waals surface area (Å²) in [6, 6.07) is 13.5. The highest BCUT2D eigenvalue weighted by atomic mass is 35.5. The molecule has 142 valence electrons. The molecule has 0 spiro atoms. The number of halogens is 1. The van der Waals surface area contributed by atoms with Crippen molar-refractivity contribution < 1.29 is 4.79 Å². The summed E-state index contributed by atoms with van der Waals surface area (Å²) in [5.74, 6) is -0.174. The van der Waals surface area contributed by atoms with Crippen molar-refractivity contribution in [3.63, 3.8) is 0 Å². The van der Waals surface area contributed by atoms with E-state index in [1.807, 2.05) is 30.3 Å². The Balaban J connectivity index is 1.65. The first kappa shape index (κ1) is 18.2. The molecule has 4 rings (SSSR count). The summed E-state index contributed by atoms with van der Waals surface area (Å²) < 4.78 is 1.41. The Morgan fingerprint density at radius 1 is 1.29 bits per heavy atom. The van der Waals surface area contributed by atoms with Crippen LogP contribution in [-0.2, 0) is 11.3 Å². The van der Waals surface area contributed by atoms with E-state index in [0.717, 1.165) is 33.3 Å². The highest BCUT2D eigenvalue weighted by Gasteiger charge is 2.18. The Labute approximate surface area is 166 Å². The summed E-state index contributed by atoms with van der Waals surface area (Å²) >= 11 is 6.35. The largest absolute Gasteiger partial charge is 0.354 e. The first-order chi connectivity index (χ1) is 13.5. The van der Waals surface area contributed by atoms with Crippen LogP contribution in [0.3, 0.4) is 0 Å². The lowest BCUT2D eigenvalue weighted by Gasteiger charge is -2.12. The Bertz CT molecular complexity index is 1120. The Hall–Kier alpha value is -3.19. The summed E-state index contributed by atoms with van der Waals surface area (Å²) in [4.78, 5) is 16.0. The first-order valence-corrected chi connectivity index (χ1v) is 9.28. The molecule has 4 aromatic rings. The predicted octanol–water partition coefficient (Wildman–Crippen LogP) is 3.66. The zero-order valence-corrected chi connectivity index (χ0v) is 16.2. The molecule has 0 fully saturated rings. The Kier molecular flexibility index (Phi) is 4.83. The van der Waals surface area contributed by atoms with Crippen molar-refractivity contribution in [2.24, 2.45) is 0 Å². The van der Waals surface area contributed by atoms with E-state index in [1.165, 1.54) is 11.0 Å². The third-order valence-corrected chi connectivity index (χ3v) is 5.09. The third-order valence-electron chi connectivity index (χ3n) is 4.87. The lowest BCUT2D eigenvalue weighted by Crippen LogP contribution is -2.31. The van der Waals surface area contributed by atoms with Crippen molar-refractivity contribution >= 4 is 28.4 Å². The van der Waals surface area contributed by atoms with Gasteiger partial charge >= 0.3 is 0 Å². The summed E-state index contributed by atoms with van der Waals surface area (Å²) in [6.07, 6.45) is 1.42. The highest BCUT2D eigenvalue weighted by molar-refractivity contribution is 6.31. The van der Waals surface area contributed by atoms with Gasteiger partial charge in [-0.2, -0.15) is 0 Å². The van der Waals surface area contributed by atoms with E-state index in [9.17, 15) is 4.79 Å². The van der Waals surface area contributed by atoms with Crippen LogP contribution in [0.15, 0.2) is 48.8 Å². The minimum atomic E-state index is -0.505. The molecule has 1 atom stereocenters. The van der Waals surface area contributed by atoms with Crippen molar-refractivity contribution in [3.05, 3.63) is 64.9 Å². The van der Waals surface area contributed by atoms with Crippen molar-refractivity contribution in [1.29, 1.82) is 0 Å². The molecule has 2 aromatic heterocycles. The van der Waals surface area contributed by atoms with Gasteiger partial charge in [0.1, 0.15) is 12.4 Å². The van der Waals surface area contributed by atoms with E-state index in [0.29, 0.717) is 11.6 Å². The monoisotopic (exact) mass is 394 g/mol. The van der Waals surface area contributed by atoms with Crippen LogP contribution in [0.2, 0.25) is 5.02 Å². The van der Waals surface area contributed by atoms with Gasteiger partial charge in [-0.05, 0) is 53.1 Å². The SMILES string of the molecule is Cc1c(-c2ccccc2)[nH]c2c(CNC(=O)[C@H](C)n3cnnn3)cc(Cl)cc12. The maximum absolute atomic E-state index is 12.5. The topological polar surface area (TPSA) is 88.5 Å². The number of nitrogens with one attached hydrogen (secondary N) is 2. The summed E-state index contributed by atoms with van der Waals surface area (Å²) in [5, 5.41) is 15.5. The van der Waals surface area contributed by atoms with Gasteiger partial charge in [0.2, 0.25) is 5.91 Å². The van der Waals surface area contributed by atoms with Crippen molar-refractivity contribution in [2.45, 2.75) is 26.4 Å². The molecule has 0 saturated carbocycles. The molecule has 0 radical (unpaired) electrons. The molecule has 2 aromatic carbocycles. The van der Waals surface area contributed by atoms with Crippen LogP contribution in [0.25, 0.3) is 22.2 Å². The number of fused-ring (bicyclic) bond motifs is 1. The van der Waals surface area contributed by atoms with Crippen molar-refractivity contribution in [1.82, 2.24) is 30.5 Å². The number of carbonyl (C=O) groups excluding carboxylic acids is 1. The van der Waals surface area contributed by atoms with E-state index in [1.54, 1.807) is 6.92 Å². The quantitative estimate of drug-likeness (QED) is 0.540. The van der Waals surface area contributed by atoms with Gasteiger partial charge in [-0.25, -0.2) is 4.68 Å². The second kappa shape index (κ2) is 7.44. The van der Waals surface area contributed by atoms with Crippen LogP contribution < -0.4 is 5.32 Å². The maximum atomic E-state index is 12.5. The average Bonchev–Trinajstić information content (AvgIpc) is 3.35. The molecular formula is C20H19ClN6O. The van der Waals surface area contributed by atoms with E-state index in [2.05, 4.69) is 44.9 Å². The minimum Gasteiger partial charge on any atom is -0.354 e. The van der Waals surface area contributed by atoms with Crippen molar-refractivity contribution in [2.75, 3.05) is 0 Å². The summed E-state index contributed by atoms with van der Waals surface area (Å²) in [7, 11) is 0. The fourth-order valence-electron chi connectivity index (χ4n) is 3.29. The van der Waals surface area contributed by atoms with Crippen LogP contribution in [0, 0.1) is 6.92 Å². The molecule has 2 N–H and O–H groups in total. The summed E-state index contributed by atoms with van der Waals surface area (Å²) in [5.41, 5.74) is 5.17. The molecule has 0 saturated heterocycles. The molecule has 8 heteroatoms. The molecule has 1 amide bonds. The molecule has 0 aliphatic heterocycles. The number of tetrazole rings is 1. The third kappa shape index (κ3) is 3.36. The lowest BCUT2D eigenvalue weighted by molar-refractivity contribution is -0.124. The lowest BCUT2D eigenvalue weighted by atomic mass is 10.1. The normalized spacial score (nSPS) is 12.2. The number of H-pyrrole nitrogens is 1. The average molecular weight is 395 g/mol. The maximum Gasteiger partial charge on any atom is 0.244 e. The number of benzene rings is 2. The smallest absolute Gasteiger partial charge is 0.244 e. The zero-order valence-electron chi connectivity index (χ0n) is 15.5. The number of aryl methyl sites for hydroxylation is 1. The molecule has 0 aliphatic rings. The van der Waals surface area contributed by atoms with Gasteiger partial charge in [0.15, 0.2) is 0 Å². The fourth-order valence-corrected chi connectivity index (χ4v) is 3.53. The molecule has 2 heterocycles. The predicted molar refractivity (Wildman–Crippen MR) is 108 cm³/mol. The molecule has 0 bridgehead atoms. The van der Waals surface area contributed by atoms with E-state index >= 15 is 0 Å². The van der Waals surface area contributed by atoms with Crippen LogP contribution >= 0.6 is 11.6 Å². The number of aromatic amines is 1. The Morgan fingerprint density at radius 2 is 2.07 bits per heavy atom. The number of nitrogens with zero attached hydrogens (tertiary/aromatic N) is 4. The van der Waals surface area contributed by atoms with Crippen LogP contribution in [0.1, 0.15) is 24.1 Å². The van der Waals surface area contributed by atoms with Gasteiger partial charge in [-0.1, -0.05) is 41.9 Å². The Morgan fingerprint density at radius 3 is 2.79 bits per heavy atom.